The molecule has 2 N–H and O–H groups in total. The van der Waals surface area contributed by atoms with E-state index in [-0.39, 0.29) is 0 Å². The van der Waals surface area contributed by atoms with Gasteiger partial charge in [0.2, 0.25) is 5.91 Å². The fourth-order valence-electron chi connectivity index (χ4n) is 3.63. The van der Waals surface area contributed by atoms with E-state index >= 15 is 0 Å². The van der Waals surface area contributed by atoms with Crippen LogP contribution in [0, 0.1) is 11.3 Å². The van der Waals surface area contributed by atoms with Gasteiger partial charge in [-0.1, -0.05) is 12.8 Å². The summed E-state index contributed by atoms with van der Waals surface area (Å²) in [5, 5.41) is 6.58. The molecule has 3 nitrogen and oxygen atoms in total. The average molecular weight is 222 g/mol. The summed E-state index contributed by atoms with van der Waals surface area (Å²) < 4.78 is 0. The molecule has 1 saturated heterocycles. The molecule has 0 aromatic rings. The summed E-state index contributed by atoms with van der Waals surface area (Å²) in [6, 6.07) is 0.389. The number of piperidine rings is 1. The Bertz CT molecular complexity index is 278. The minimum Gasteiger partial charge on any atom is -0.352 e. The van der Waals surface area contributed by atoms with Crippen molar-refractivity contribution < 1.29 is 4.79 Å². The highest BCUT2D eigenvalue weighted by Gasteiger charge is 2.58. The molecule has 3 rings (SSSR count). The van der Waals surface area contributed by atoms with Crippen LogP contribution in [0.2, 0.25) is 0 Å². The first-order valence-electron chi connectivity index (χ1n) is 6.81. The van der Waals surface area contributed by atoms with Gasteiger partial charge in [-0.3, -0.25) is 4.79 Å². The summed E-state index contributed by atoms with van der Waals surface area (Å²) in [7, 11) is 0. The molecule has 2 aliphatic carbocycles. The number of nitrogens with one attached hydrogen (secondary N) is 2. The van der Waals surface area contributed by atoms with Crippen LogP contribution in [0.15, 0.2) is 0 Å². The molecule has 2 saturated carbocycles. The first-order chi connectivity index (χ1) is 7.80. The van der Waals surface area contributed by atoms with Crippen molar-refractivity contribution in [1.82, 2.24) is 10.6 Å². The van der Waals surface area contributed by atoms with Crippen LogP contribution in [0.5, 0.6) is 0 Å². The van der Waals surface area contributed by atoms with Crippen LogP contribution in [0.25, 0.3) is 0 Å². The smallest absolute Gasteiger partial charge is 0.223 e. The van der Waals surface area contributed by atoms with Crippen molar-refractivity contribution in [2.75, 3.05) is 13.1 Å². The van der Waals surface area contributed by atoms with Crippen molar-refractivity contribution in [2.24, 2.45) is 11.3 Å². The van der Waals surface area contributed by atoms with Gasteiger partial charge in [-0.2, -0.15) is 0 Å². The maximum Gasteiger partial charge on any atom is 0.223 e. The van der Waals surface area contributed by atoms with Crippen LogP contribution in [0.3, 0.4) is 0 Å². The van der Waals surface area contributed by atoms with E-state index in [4.69, 9.17) is 0 Å². The maximum absolute atomic E-state index is 12.1. The van der Waals surface area contributed by atoms with E-state index in [0.717, 1.165) is 19.5 Å². The Morgan fingerprint density at radius 1 is 1.25 bits per heavy atom. The van der Waals surface area contributed by atoms with E-state index in [1.165, 1.54) is 38.5 Å². The van der Waals surface area contributed by atoms with Gasteiger partial charge < -0.3 is 10.6 Å². The van der Waals surface area contributed by atoms with Crippen molar-refractivity contribution in [1.29, 1.82) is 0 Å². The minimum atomic E-state index is 0.343. The summed E-state index contributed by atoms with van der Waals surface area (Å²) in [4.78, 5) is 12.1. The Hall–Kier alpha value is -0.570. The van der Waals surface area contributed by atoms with Gasteiger partial charge in [0.1, 0.15) is 0 Å². The van der Waals surface area contributed by atoms with E-state index in [1.807, 2.05) is 0 Å². The van der Waals surface area contributed by atoms with Crippen LogP contribution in [0.1, 0.15) is 44.9 Å². The Morgan fingerprint density at radius 3 is 2.75 bits per heavy atom. The lowest BCUT2D eigenvalue weighted by molar-refractivity contribution is -0.123. The van der Waals surface area contributed by atoms with Gasteiger partial charge in [-0.05, 0) is 44.1 Å². The van der Waals surface area contributed by atoms with E-state index in [0.29, 0.717) is 23.3 Å². The summed E-state index contributed by atoms with van der Waals surface area (Å²) in [6.07, 6.45) is 8.80. The first-order valence-corrected chi connectivity index (χ1v) is 6.81. The minimum absolute atomic E-state index is 0.343. The molecular weight excluding hydrogens is 200 g/mol. The summed E-state index contributed by atoms with van der Waals surface area (Å²) in [5.74, 6) is 0.701. The lowest BCUT2D eigenvalue weighted by Gasteiger charge is -2.24. The number of hydrogen-bond donors (Lipinski definition) is 2. The molecule has 0 bridgehead atoms. The zero-order chi connectivity index (χ0) is 11.0. The molecule has 1 amide bonds. The molecule has 1 spiro atoms. The molecule has 1 unspecified atom stereocenters. The fraction of sp³-hybridized carbons (Fsp3) is 0.923. The van der Waals surface area contributed by atoms with Crippen LogP contribution >= 0.6 is 0 Å². The molecule has 0 aromatic heterocycles. The Balaban J connectivity index is 1.50. The monoisotopic (exact) mass is 222 g/mol. The number of rotatable bonds is 2. The molecule has 1 heterocycles. The second kappa shape index (κ2) is 4.02. The van der Waals surface area contributed by atoms with Crippen LogP contribution < -0.4 is 10.6 Å². The second-order valence-electron chi connectivity index (χ2n) is 5.88. The molecule has 0 aromatic carbocycles. The van der Waals surface area contributed by atoms with Crippen molar-refractivity contribution >= 4 is 5.91 Å². The van der Waals surface area contributed by atoms with Gasteiger partial charge in [-0.15, -0.1) is 0 Å². The summed E-state index contributed by atoms with van der Waals surface area (Å²) in [5.41, 5.74) is 0.451. The molecule has 3 heteroatoms. The van der Waals surface area contributed by atoms with Gasteiger partial charge >= 0.3 is 0 Å². The van der Waals surface area contributed by atoms with E-state index in [9.17, 15) is 4.79 Å². The molecular formula is C13H22N2O. The zero-order valence-corrected chi connectivity index (χ0v) is 9.93. The SMILES string of the molecule is O=C(N[C@H]1CCCNC1)C1CC12CCCC2. The van der Waals surface area contributed by atoms with E-state index in [1.54, 1.807) is 0 Å². The number of carbonyl (C=O) groups excluding carboxylic acids is 1. The predicted octanol–water partition coefficient (Wildman–Crippen LogP) is 1.43. The third-order valence-corrected chi connectivity index (χ3v) is 4.75. The first kappa shape index (κ1) is 10.6. The van der Waals surface area contributed by atoms with Crippen LogP contribution in [0.4, 0.5) is 0 Å². The van der Waals surface area contributed by atoms with Gasteiger partial charge in [0.05, 0.1) is 0 Å². The molecule has 1 aliphatic heterocycles. The molecule has 0 radical (unpaired) electrons. The average Bonchev–Trinajstić information content (AvgIpc) is 2.79. The Labute approximate surface area is 97.4 Å². The van der Waals surface area contributed by atoms with Crippen LogP contribution in [-0.2, 0) is 4.79 Å². The largest absolute Gasteiger partial charge is 0.352 e. The van der Waals surface area contributed by atoms with Gasteiger partial charge in [-0.25, -0.2) is 0 Å². The third kappa shape index (κ3) is 1.86. The quantitative estimate of drug-likeness (QED) is 0.742. The number of hydrogen-bond acceptors (Lipinski definition) is 2. The Morgan fingerprint density at radius 2 is 2.06 bits per heavy atom. The third-order valence-electron chi connectivity index (χ3n) is 4.75. The van der Waals surface area contributed by atoms with Crippen molar-refractivity contribution in [3.63, 3.8) is 0 Å². The summed E-state index contributed by atoms with van der Waals surface area (Å²) in [6.45, 7) is 2.07. The van der Waals surface area contributed by atoms with Gasteiger partial charge in [0.15, 0.2) is 0 Å². The molecule has 90 valence electrons. The highest BCUT2D eigenvalue weighted by atomic mass is 16.2. The topological polar surface area (TPSA) is 41.1 Å². The van der Waals surface area contributed by atoms with Crippen molar-refractivity contribution in [3.05, 3.63) is 0 Å². The standard InChI is InChI=1S/C13H22N2O/c16-12(15-10-4-3-7-14-9-10)11-8-13(11)5-1-2-6-13/h10-11,14H,1-9H2,(H,15,16)/t10-,11?/m0/s1. The molecule has 2 atom stereocenters. The Kier molecular flexibility index (Phi) is 2.66. The highest BCUT2D eigenvalue weighted by molar-refractivity contribution is 5.83. The number of amides is 1. The van der Waals surface area contributed by atoms with E-state index in [2.05, 4.69) is 10.6 Å². The van der Waals surface area contributed by atoms with E-state index < -0.39 is 0 Å². The predicted molar refractivity (Wildman–Crippen MR) is 63.0 cm³/mol. The lowest BCUT2D eigenvalue weighted by Crippen LogP contribution is -2.46. The van der Waals surface area contributed by atoms with Crippen molar-refractivity contribution in [3.8, 4) is 0 Å². The van der Waals surface area contributed by atoms with Gasteiger partial charge in [0, 0.05) is 18.5 Å². The summed E-state index contributed by atoms with van der Waals surface area (Å²) >= 11 is 0. The normalized spacial score (nSPS) is 36.2. The van der Waals surface area contributed by atoms with Crippen molar-refractivity contribution in [2.45, 2.75) is 51.0 Å². The zero-order valence-electron chi connectivity index (χ0n) is 9.93. The van der Waals surface area contributed by atoms with Gasteiger partial charge in [0.25, 0.3) is 0 Å². The highest BCUT2D eigenvalue weighted by Crippen LogP contribution is 2.62. The second-order valence-corrected chi connectivity index (χ2v) is 5.88. The van der Waals surface area contributed by atoms with Crippen LogP contribution in [-0.4, -0.2) is 25.0 Å². The fourth-order valence-corrected chi connectivity index (χ4v) is 3.63. The maximum atomic E-state index is 12.1. The number of carbonyl (C=O) groups is 1. The molecule has 3 aliphatic rings. The molecule has 3 fully saturated rings. The lowest BCUT2D eigenvalue weighted by atomic mass is 10.0. The molecule has 16 heavy (non-hydrogen) atoms.